The quantitative estimate of drug-likeness (QED) is 0.0786. The lowest BCUT2D eigenvalue weighted by molar-refractivity contribution is 0.0637. The highest BCUT2D eigenvalue weighted by Crippen LogP contribution is 2.29. The number of ether oxygens (including phenoxy) is 3. The zero-order valence-corrected chi connectivity index (χ0v) is 25.5. The van der Waals surface area contributed by atoms with Gasteiger partial charge in [0, 0.05) is 6.61 Å². The highest BCUT2D eigenvalue weighted by molar-refractivity contribution is 5.92. The van der Waals surface area contributed by atoms with Gasteiger partial charge in [-0.1, -0.05) is 127 Å². The molecule has 0 aliphatic rings. The van der Waals surface area contributed by atoms with E-state index in [0.29, 0.717) is 23.7 Å². The molecule has 3 aromatic carbocycles. The van der Waals surface area contributed by atoms with E-state index in [0.717, 1.165) is 43.4 Å². The van der Waals surface area contributed by atoms with E-state index in [9.17, 15) is 4.79 Å². The molecule has 0 saturated carbocycles. The smallest absolute Gasteiger partial charge is 0.343 e. The van der Waals surface area contributed by atoms with E-state index in [1.165, 1.54) is 56.9 Å². The molecule has 0 N–H and O–H groups in total. The van der Waals surface area contributed by atoms with Gasteiger partial charge in [-0.25, -0.2) is 4.79 Å². The fraction of sp³-hybridized carbons (Fsp3) is 0.486. The van der Waals surface area contributed by atoms with Crippen molar-refractivity contribution in [3.8, 4) is 22.6 Å². The first-order chi connectivity index (χ1) is 20.1. The second kappa shape index (κ2) is 19.1. The number of rotatable bonds is 20. The van der Waals surface area contributed by atoms with Gasteiger partial charge in [0.15, 0.2) is 11.5 Å². The molecule has 222 valence electrons. The fourth-order valence-electron chi connectivity index (χ4n) is 4.83. The van der Waals surface area contributed by atoms with Crippen molar-refractivity contribution >= 4 is 5.97 Å². The molecular weight excluding hydrogens is 508 g/mol. The Bertz CT molecular complexity index is 1120. The minimum absolute atomic E-state index is 0.0782. The lowest BCUT2D eigenvalue weighted by atomic mass is 10.0. The maximum atomic E-state index is 12.9. The molecule has 0 amide bonds. The molecule has 41 heavy (non-hydrogen) atoms. The monoisotopic (exact) mass is 558 g/mol. The molecule has 0 bridgehead atoms. The first-order valence-corrected chi connectivity index (χ1v) is 15.9. The van der Waals surface area contributed by atoms with Gasteiger partial charge < -0.3 is 14.2 Å². The summed E-state index contributed by atoms with van der Waals surface area (Å²) in [4.78, 5) is 12.9. The van der Waals surface area contributed by atoms with Gasteiger partial charge in [0.1, 0.15) is 0 Å². The third-order valence-electron chi connectivity index (χ3n) is 7.51. The SMILES string of the molecule is CCCCCCCCCCCCOc1ccccc1OC(=O)c1ccc(-c2ccc(C(C)OCCCC)cc2)cc1. The standard InChI is InChI=1S/C37H50O4/c1-4-6-8-9-10-11-12-13-14-17-29-40-35-18-15-16-19-36(35)41-37(38)34-26-24-33(25-27-34)32-22-20-31(21-23-32)30(3)39-28-7-5-2/h15-16,18-27,30H,4-14,17,28-29H2,1-3H3. The predicted octanol–water partition coefficient (Wildman–Crippen LogP) is 10.8. The van der Waals surface area contributed by atoms with E-state index in [4.69, 9.17) is 14.2 Å². The molecule has 0 aliphatic carbocycles. The van der Waals surface area contributed by atoms with E-state index in [-0.39, 0.29) is 12.1 Å². The van der Waals surface area contributed by atoms with Crippen molar-refractivity contribution < 1.29 is 19.0 Å². The predicted molar refractivity (Wildman–Crippen MR) is 170 cm³/mol. The van der Waals surface area contributed by atoms with Gasteiger partial charge in [-0.15, -0.1) is 0 Å². The van der Waals surface area contributed by atoms with Crippen LogP contribution >= 0.6 is 0 Å². The maximum absolute atomic E-state index is 12.9. The van der Waals surface area contributed by atoms with E-state index in [2.05, 4.69) is 45.0 Å². The van der Waals surface area contributed by atoms with E-state index in [1.807, 2.05) is 42.5 Å². The van der Waals surface area contributed by atoms with Crippen LogP contribution in [0.2, 0.25) is 0 Å². The van der Waals surface area contributed by atoms with Crippen LogP contribution in [0, 0.1) is 0 Å². The Labute approximate surface area is 248 Å². The summed E-state index contributed by atoms with van der Waals surface area (Å²) >= 11 is 0. The van der Waals surface area contributed by atoms with E-state index >= 15 is 0 Å². The molecule has 0 saturated heterocycles. The van der Waals surface area contributed by atoms with Gasteiger partial charge in [0.25, 0.3) is 0 Å². The second-order valence-electron chi connectivity index (χ2n) is 10.9. The molecule has 0 heterocycles. The number of carbonyl (C=O) groups is 1. The van der Waals surface area contributed by atoms with Crippen LogP contribution in [0.5, 0.6) is 11.5 Å². The normalized spacial score (nSPS) is 11.8. The summed E-state index contributed by atoms with van der Waals surface area (Å²) in [5.41, 5.74) is 3.82. The van der Waals surface area contributed by atoms with Gasteiger partial charge in [-0.2, -0.15) is 0 Å². The van der Waals surface area contributed by atoms with Crippen molar-refractivity contribution in [1.29, 1.82) is 0 Å². The first kappa shape index (κ1) is 32.4. The third kappa shape index (κ3) is 11.7. The molecule has 3 aromatic rings. The van der Waals surface area contributed by atoms with E-state index in [1.54, 1.807) is 6.07 Å². The Kier molecular flexibility index (Phi) is 15.1. The van der Waals surface area contributed by atoms with Crippen molar-refractivity contribution in [2.24, 2.45) is 0 Å². The van der Waals surface area contributed by atoms with Gasteiger partial charge in [-0.05, 0) is 60.7 Å². The van der Waals surface area contributed by atoms with E-state index < -0.39 is 0 Å². The number of esters is 1. The highest BCUT2D eigenvalue weighted by Gasteiger charge is 2.13. The van der Waals surface area contributed by atoms with Gasteiger partial charge >= 0.3 is 5.97 Å². The van der Waals surface area contributed by atoms with Crippen molar-refractivity contribution in [3.05, 3.63) is 83.9 Å². The molecule has 0 radical (unpaired) electrons. The van der Waals surface area contributed by atoms with Crippen LogP contribution in [0.1, 0.15) is 120 Å². The van der Waals surface area contributed by atoms with Crippen LogP contribution < -0.4 is 9.47 Å². The van der Waals surface area contributed by atoms with Crippen LogP contribution in [0.4, 0.5) is 0 Å². The summed E-state index contributed by atoms with van der Waals surface area (Å²) in [6.45, 7) is 7.93. The molecule has 1 unspecified atom stereocenters. The Morgan fingerprint density at radius 1 is 0.610 bits per heavy atom. The van der Waals surface area contributed by atoms with Crippen LogP contribution in [-0.2, 0) is 4.74 Å². The summed E-state index contributed by atoms with van der Waals surface area (Å²) in [5, 5.41) is 0. The average Bonchev–Trinajstić information content (AvgIpc) is 3.01. The van der Waals surface area contributed by atoms with Crippen molar-refractivity contribution in [1.82, 2.24) is 0 Å². The summed E-state index contributed by atoms with van der Waals surface area (Å²) in [6, 6.07) is 23.4. The Morgan fingerprint density at radius 3 is 1.76 bits per heavy atom. The molecule has 0 spiro atoms. The molecule has 0 fully saturated rings. The fourth-order valence-corrected chi connectivity index (χ4v) is 4.83. The molecule has 0 aromatic heterocycles. The number of carbonyl (C=O) groups excluding carboxylic acids is 1. The van der Waals surface area contributed by atoms with Crippen molar-refractivity contribution in [3.63, 3.8) is 0 Å². The van der Waals surface area contributed by atoms with Gasteiger partial charge in [0.2, 0.25) is 0 Å². The molecule has 4 nitrogen and oxygen atoms in total. The number of para-hydroxylation sites is 2. The lowest BCUT2D eigenvalue weighted by Gasteiger charge is -2.14. The van der Waals surface area contributed by atoms with Crippen LogP contribution in [0.3, 0.4) is 0 Å². The largest absolute Gasteiger partial charge is 0.490 e. The van der Waals surface area contributed by atoms with Gasteiger partial charge in [0.05, 0.1) is 18.3 Å². The summed E-state index contributed by atoms with van der Waals surface area (Å²) < 4.78 is 17.6. The lowest BCUT2D eigenvalue weighted by Crippen LogP contribution is -2.10. The average molecular weight is 559 g/mol. The third-order valence-corrected chi connectivity index (χ3v) is 7.51. The zero-order chi connectivity index (χ0) is 29.1. The minimum Gasteiger partial charge on any atom is -0.490 e. The van der Waals surface area contributed by atoms with Crippen molar-refractivity contribution in [2.45, 2.75) is 104 Å². The first-order valence-electron chi connectivity index (χ1n) is 15.9. The van der Waals surface area contributed by atoms with Crippen molar-refractivity contribution in [2.75, 3.05) is 13.2 Å². The second-order valence-corrected chi connectivity index (χ2v) is 10.9. The maximum Gasteiger partial charge on any atom is 0.343 e. The summed E-state index contributed by atoms with van der Waals surface area (Å²) in [5.74, 6) is 0.681. The number of hydrogen-bond donors (Lipinski definition) is 0. The molecule has 4 heteroatoms. The van der Waals surface area contributed by atoms with Crippen LogP contribution in [0.15, 0.2) is 72.8 Å². The molecular formula is C37H50O4. The number of unbranched alkanes of at least 4 members (excludes halogenated alkanes) is 10. The number of benzene rings is 3. The number of hydrogen-bond acceptors (Lipinski definition) is 4. The zero-order valence-electron chi connectivity index (χ0n) is 25.5. The highest BCUT2D eigenvalue weighted by atomic mass is 16.6. The molecule has 0 aliphatic heterocycles. The van der Waals surface area contributed by atoms with Gasteiger partial charge in [-0.3, -0.25) is 0 Å². The summed E-state index contributed by atoms with van der Waals surface area (Å²) in [6.07, 6.45) is 15.1. The molecule has 1 atom stereocenters. The Morgan fingerprint density at radius 2 is 1.15 bits per heavy atom. The minimum atomic E-state index is -0.389. The molecule has 3 rings (SSSR count). The topological polar surface area (TPSA) is 44.8 Å². The summed E-state index contributed by atoms with van der Waals surface area (Å²) in [7, 11) is 0. The van der Waals surface area contributed by atoms with Crippen LogP contribution in [0.25, 0.3) is 11.1 Å². The van der Waals surface area contributed by atoms with Crippen LogP contribution in [-0.4, -0.2) is 19.2 Å². The Hall–Kier alpha value is -3.11. The Balaban J connectivity index is 1.44.